The first kappa shape index (κ1) is 10.4. The Bertz CT molecular complexity index is 358. The zero-order chi connectivity index (χ0) is 10.6. The Morgan fingerprint density at radius 2 is 2.36 bits per heavy atom. The molecule has 0 saturated heterocycles. The van der Waals surface area contributed by atoms with E-state index in [9.17, 15) is 9.18 Å². The average Bonchev–Trinajstić information content (AvgIpc) is 2.18. The van der Waals surface area contributed by atoms with Crippen LogP contribution in [-0.4, -0.2) is 13.1 Å². The highest BCUT2D eigenvalue weighted by Gasteiger charge is 2.15. The van der Waals surface area contributed by atoms with Gasteiger partial charge in [0.05, 0.1) is 12.7 Å². The van der Waals surface area contributed by atoms with Crippen molar-refractivity contribution in [3.63, 3.8) is 0 Å². The van der Waals surface area contributed by atoms with Crippen molar-refractivity contribution in [1.29, 1.82) is 0 Å². The molecular weight excluding hydrogens is 183 g/mol. The molecule has 2 nitrogen and oxygen atoms in total. The zero-order valence-electron chi connectivity index (χ0n) is 7.92. The van der Waals surface area contributed by atoms with Gasteiger partial charge in [0.2, 0.25) is 0 Å². The highest BCUT2D eigenvalue weighted by Crippen LogP contribution is 2.15. The van der Waals surface area contributed by atoms with Gasteiger partial charge in [-0.15, -0.1) is 6.58 Å². The summed E-state index contributed by atoms with van der Waals surface area (Å²) in [5.41, 5.74) is 0.585. The summed E-state index contributed by atoms with van der Waals surface area (Å²) in [6.45, 7) is 3.54. The number of allylic oxidation sites excluding steroid dienone is 1. The van der Waals surface area contributed by atoms with E-state index in [0.29, 0.717) is 12.0 Å². The van der Waals surface area contributed by atoms with Crippen molar-refractivity contribution >= 4 is 5.97 Å². The number of carbonyl (C=O) groups is 1. The van der Waals surface area contributed by atoms with Crippen LogP contribution in [0.4, 0.5) is 4.39 Å². The van der Waals surface area contributed by atoms with E-state index < -0.39 is 11.8 Å². The lowest BCUT2D eigenvalue weighted by molar-refractivity contribution is 0.0594. The third-order valence-corrected chi connectivity index (χ3v) is 1.85. The maximum atomic E-state index is 13.3. The van der Waals surface area contributed by atoms with Crippen LogP contribution in [0.15, 0.2) is 30.9 Å². The van der Waals surface area contributed by atoms with Gasteiger partial charge in [-0.2, -0.15) is 0 Å². The van der Waals surface area contributed by atoms with Crippen LogP contribution in [0.3, 0.4) is 0 Å². The molecule has 0 bridgehead atoms. The second-order valence-electron chi connectivity index (χ2n) is 2.76. The molecule has 0 unspecified atom stereocenters. The molecule has 0 atom stereocenters. The first-order valence-corrected chi connectivity index (χ1v) is 4.17. The Balaban J connectivity index is 3.21. The first-order chi connectivity index (χ1) is 6.70. The highest BCUT2D eigenvalue weighted by molar-refractivity contribution is 5.91. The average molecular weight is 194 g/mol. The third-order valence-electron chi connectivity index (χ3n) is 1.85. The molecule has 0 aliphatic rings. The van der Waals surface area contributed by atoms with Crippen molar-refractivity contribution in [2.75, 3.05) is 7.11 Å². The van der Waals surface area contributed by atoms with Crippen LogP contribution in [0.2, 0.25) is 0 Å². The predicted molar refractivity (Wildman–Crippen MR) is 51.6 cm³/mol. The van der Waals surface area contributed by atoms with Gasteiger partial charge in [-0.25, -0.2) is 9.18 Å². The van der Waals surface area contributed by atoms with E-state index >= 15 is 0 Å². The van der Waals surface area contributed by atoms with E-state index in [2.05, 4.69) is 11.3 Å². The van der Waals surface area contributed by atoms with Crippen LogP contribution >= 0.6 is 0 Å². The van der Waals surface area contributed by atoms with Crippen molar-refractivity contribution in [2.45, 2.75) is 6.42 Å². The monoisotopic (exact) mass is 194 g/mol. The minimum absolute atomic E-state index is 0.00472. The number of rotatable bonds is 3. The molecule has 1 aromatic carbocycles. The number of halogens is 1. The molecule has 1 rings (SSSR count). The van der Waals surface area contributed by atoms with Gasteiger partial charge in [0.25, 0.3) is 0 Å². The van der Waals surface area contributed by atoms with E-state index in [0.717, 1.165) is 0 Å². The van der Waals surface area contributed by atoms with Crippen LogP contribution in [0.25, 0.3) is 0 Å². The standard InChI is InChI=1S/C11H11FO2/c1-3-5-8-6-4-7-9(12)10(8)11(13)14-2/h3-4,6-7H,1,5H2,2H3. The highest BCUT2D eigenvalue weighted by atomic mass is 19.1. The number of benzene rings is 1. The molecule has 3 heteroatoms. The molecule has 0 aliphatic carbocycles. The van der Waals surface area contributed by atoms with Crippen LogP contribution in [0.1, 0.15) is 15.9 Å². The minimum Gasteiger partial charge on any atom is -0.465 e. The SMILES string of the molecule is C=CCc1cccc(F)c1C(=O)OC. The fraction of sp³-hybridized carbons (Fsp3) is 0.182. The number of esters is 1. The van der Waals surface area contributed by atoms with E-state index in [-0.39, 0.29) is 5.56 Å². The van der Waals surface area contributed by atoms with Crippen molar-refractivity contribution in [3.05, 3.63) is 47.8 Å². The second-order valence-corrected chi connectivity index (χ2v) is 2.76. The smallest absolute Gasteiger partial charge is 0.341 e. The topological polar surface area (TPSA) is 26.3 Å². The molecule has 0 radical (unpaired) electrons. The summed E-state index contributed by atoms with van der Waals surface area (Å²) >= 11 is 0. The molecule has 0 heterocycles. The molecule has 0 spiro atoms. The zero-order valence-corrected chi connectivity index (χ0v) is 7.92. The Kier molecular flexibility index (Phi) is 3.40. The Labute approximate surface area is 82.0 Å². The van der Waals surface area contributed by atoms with E-state index in [4.69, 9.17) is 0 Å². The maximum absolute atomic E-state index is 13.3. The van der Waals surface area contributed by atoms with Crippen LogP contribution < -0.4 is 0 Å². The van der Waals surface area contributed by atoms with Crippen LogP contribution in [0, 0.1) is 5.82 Å². The van der Waals surface area contributed by atoms with Crippen molar-refractivity contribution in [1.82, 2.24) is 0 Å². The van der Waals surface area contributed by atoms with Crippen molar-refractivity contribution in [3.8, 4) is 0 Å². The van der Waals surface area contributed by atoms with Crippen LogP contribution in [-0.2, 0) is 11.2 Å². The second kappa shape index (κ2) is 4.56. The summed E-state index contributed by atoms with van der Waals surface area (Å²) in [5, 5.41) is 0. The molecule has 0 saturated carbocycles. The molecular formula is C11H11FO2. The van der Waals surface area contributed by atoms with Gasteiger partial charge in [0.1, 0.15) is 5.82 Å². The summed E-state index contributed by atoms with van der Waals surface area (Å²) in [6, 6.07) is 4.47. The van der Waals surface area contributed by atoms with Gasteiger partial charge in [-0.3, -0.25) is 0 Å². The summed E-state index contributed by atoms with van der Waals surface area (Å²) in [6.07, 6.45) is 2.06. The van der Waals surface area contributed by atoms with Crippen molar-refractivity contribution in [2.24, 2.45) is 0 Å². The van der Waals surface area contributed by atoms with Gasteiger partial charge in [-0.1, -0.05) is 18.2 Å². The molecule has 1 aromatic rings. The first-order valence-electron chi connectivity index (χ1n) is 4.17. The van der Waals surface area contributed by atoms with Gasteiger partial charge in [-0.05, 0) is 18.1 Å². The maximum Gasteiger partial charge on any atom is 0.341 e. The fourth-order valence-corrected chi connectivity index (χ4v) is 1.23. The minimum atomic E-state index is -0.653. The third kappa shape index (κ3) is 1.99. The number of hydrogen-bond donors (Lipinski definition) is 0. The van der Waals surface area contributed by atoms with E-state index in [1.54, 1.807) is 18.2 Å². The van der Waals surface area contributed by atoms with Crippen LogP contribution in [0.5, 0.6) is 0 Å². The van der Waals surface area contributed by atoms with Gasteiger partial charge < -0.3 is 4.74 Å². The molecule has 74 valence electrons. The van der Waals surface area contributed by atoms with Gasteiger partial charge in [0.15, 0.2) is 0 Å². The Morgan fingerprint density at radius 1 is 1.64 bits per heavy atom. The quantitative estimate of drug-likeness (QED) is 0.545. The van der Waals surface area contributed by atoms with Gasteiger partial charge in [0, 0.05) is 0 Å². The summed E-state index contributed by atoms with van der Waals surface area (Å²) in [5.74, 6) is -1.21. The number of ether oxygens (including phenoxy) is 1. The van der Waals surface area contributed by atoms with E-state index in [1.165, 1.54) is 13.2 Å². The summed E-state index contributed by atoms with van der Waals surface area (Å²) in [7, 11) is 1.23. The lowest BCUT2D eigenvalue weighted by Crippen LogP contribution is -2.08. The van der Waals surface area contributed by atoms with E-state index in [1.807, 2.05) is 0 Å². The summed E-state index contributed by atoms with van der Waals surface area (Å²) in [4.78, 5) is 11.2. The normalized spacial score (nSPS) is 9.57. The number of hydrogen-bond acceptors (Lipinski definition) is 2. The summed E-state index contributed by atoms with van der Waals surface area (Å²) < 4.78 is 17.8. The van der Waals surface area contributed by atoms with Crippen molar-refractivity contribution < 1.29 is 13.9 Å². The number of carbonyl (C=O) groups excluding carboxylic acids is 1. The Hall–Kier alpha value is -1.64. The predicted octanol–water partition coefficient (Wildman–Crippen LogP) is 2.34. The lowest BCUT2D eigenvalue weighted by atomic mass is 10.0. The molecule has 0 amide bonds. The Morgan fingerprint density at radius 3 is 2.93 bits per heavy atom. The lowest BCUT2D eigenvalue weighted by Gasteiger charge is -2.06. The fourth-order valence-electron chi connectivity index (χ4n) is 1.23. The molecule has 0 aliphatic heterocycles. The molecule has 0 N–H and O–H groups in total. The number of methoxy groups -OCH3 is 1. The molecule has 0 aromatic heterocycles. The van der Waals surface area contributed by atoms with Gasteiger partial charge >= 0.3 is 5.97 Å². The largest absolute Gasteiger partial charge is 0.465 e. The molecule has 14 heavy (non-hydrogen) atoms. The molecule has 0 fully saturated rings.